The van der Waals surface area contributed by atoms with E-state index in [1.165, 1.54) is 42.0 Å². The van der Waals surface area contributed by atoms with Crippen LogP contribution in [0.4, 0.5) is 0 Å². The molecule has 0 bridgehead atoms. The molecule has 0 radical (unpaired) electrons. The molecule has 1 N–H and O–H groups in total. The van der Waals surface area contributed by atoms with Crippen LogP contribution in [0.25, 0.3) is 10.8 Å². The third kappa shape index (κ3) is 7.03. The van der Waals surface area contributed by atoms with E-state index in [2.05, 4.69) is 66.9 Å². The highest BCUT2D eigenvalue weighted by atomic mass is 16.6. The van der Waals surface area contributed by atoms with Crippen LogP contribution in [0.3, 0.4) is 0 Å². The van der Waals surface area contributed by atoms with Gasteiger partial charge >= 0.3 is 5.97 Å². The van der Waals surface area contributed by atoms with Crippen LogP contribution < -0.4 is 5.32 Å². The number of fused-ring (bicyclic) bond motifs is 1. The van der Waals surface area contributed by atoms with Gasteiger partial charge in [-0.15, -0.1) is 0 Å². The quantitative estimate of drug-likeness (QED) is 0.329. The molecule has 188 valence electrons. The van der Waals surface area contributed by atoms with Gasteiger partial charge < -0.3 is 19.5 Å². The first kappa shape index (κ1) is 25.6. The fraction of sp³-hybridized carbons (Fsp3) is 0.500. The lowest BCUT2D eigenvalue weighted by molar-refractivity contribution is -0.140. The maximum atomic E-state index is 12.3. The minimum atomic E-state index is -0.262. The van der Waals surface area contributed by atoms with Gasteiger partial charge in [0.25, 0.3) is 0 Å². The molecule has 0 spiro atoms. The van der Waals surface area contributed by atoms with Crippen molar-refractivity contribution < 1.29 is 19.0 Å². The number of esters is 1. The predicted octanol–water partition coefficient (Wildman–Crippen LogP) is 5.76. The van der Waals surface area contributed by atoms with E-state index in [-0.39, 0.29) is 12.6 Å². The van der Waals surface area contributed by atoms with Crippen molar-refractivity contribution in [1.82, 2.24) is 5.32 Å². The lowest BCUT2D eigenvalue weighted by Crippen LogP contribution is -2.37. The van der Waals surface area contributed by atoms with Gasteiger partial charge in [-0.05, 0) is 60.8 Å². The molecule has 2 aliphatic rings. The van der Waals surface area contributed by atoms with E-state index in [0.29, 0.717) is 49.3 Å². The Kier molecular flexibility index (Phi) is 9.52. The highest BCUT2D eigenvalue weighted by molar-refractivity contribution is 5.91. The maximum absolute atomic E-state index is 12.3. The predicted molar refractivity (Wildman–Crippen MR) is 140 cm³/mol. The monoisotopic (exact) mass is 477 g/mol. The molecule has 5 nitrogen and oxygen atoms in total. The van der Waals surface area contributed by atoms with Crippen molar-refractivity contribution in [2.75, 3.05) is 33.5 Å². The van der Waals surface area contributed by atoms with E-state index in [0.717, 1.165) is 6.42 Å². The van der Waals surface area contributed by atoms with Gasteiger partial charge in [-0.25, -0.2) is 4.79 Å². The number of carbonyl (C=O) groups is 1. The summed E-state index contributed by atoms with van der Waals surface area (Å²) in [5.74, 6) is 0.865. The van der Waals surface area contributed by atoms with E-state index < -0.39 is 0 Å². The smallest absolute Gasteiger partial charge is 0.337 e. The molecular weight excluding hydrogens is 438 g/mol. The van der Waals surface area contributed by atoms with E-state index in [9.17, 15) is 4.79 Å². The first-order valence-corrected chi connectivity index (χ1v) is 13.0. The molecule has 1 fully saturated rings. The second kappa shape index (κ2) is 13.0. The Hall–Kier alpha value is -2.47. The molecular formula is C30H39NO4. The molecule has 1 unspecified atom stereocenters. The molecule has 0 aliphatic heterocycles. The van der Waals surface area contributed by atoms with E-state index >= 15 is 0 Å². The Labute approximate surface area is 209 Å². The van der Waals surface area contributed by atoms with Gasteiger partial charge in [-0.3, -0.25) is 0 Å². The van der Waals surface area contributed by atoms with Crippen molar-refractivity contribution >= 4 is 16.7 Å². The Balaban J connectivity index is 1.25. The van der Waals surface area contributed by atoms with Crippen LogP contribution in [0.5, 0.6) is 0 Å². The highest BCUT2D eigenvalue weighted by Gasteiger charge is 2.29. The van der Waals surface area contributed by atoms with E-state index in [1.54, 1.807) is 7.11 Å². The lowest BCUT2D eigenvalue weighted by atomic mass is 9.75. The van der Waals surface area contributed by atoms with Crippen LogP contribution in [0.2, 0.25) is 0 Å². The zero-order valence-electron chi connectivity index (χ0n) is 21.1. The Morgan fingerprint density at radius 2 is 1.89 bits per heavy atom. The van der Waals surface area contributed by atoms with Crippen LogP contribution in [0.15, 0.2) is 66.3 Å². The Bertz CT molecular complexity index is 1020. The largest absolute Gasteiger partial charge is 0.460 e. The standard InChI is InChI=1S/C30H39NO4/c1-22(28-12-6-8-24-7-3-4-11-29(24)28)31-27-10-5-9-26(21-27)23-13-15-25(16-14-23)30(32)35-20-19-34-18-17-33-2/h3-4,6-8,11-13,15-16,22-23,26-27,31H,5,9-10,14,17-21H2,1-2H3/t22-,23?,26+,27+/m1/s1. The summed E-state index contributed by atoms with van der Waals surface area (Å²) in [4.78, 5) is 12.3. The number of methoxy groups -OCH3 is 1. The number of ether oxygens (including phenoxy) is 3. The topological polar surface area (TPSA) is 56.8 Å². The SMILES string of the molecule is COCCOCCOC(=O)C1=CCC([C@H]2CCC[C@H](N[C@H](C)c3cccc4ccccc34)C2)C=C1. The summed E-state index contributed by atoms with van der Waals surface area (Å²) in [5.41, 5.74) is 2.03. The summed E-state index contributed by atoms with van der Waals surface area (Å²) >= 11 is 0. The molecule has 1 saturated carbocycles. The fourth-order valence-electron chi connectivity index (χ4n) is 5.50. The van der Waals surface area contributed by atoms with Crippen LogP contribution in [0.1, 0.15) is 50.6 Å². The van der Waals surface area contributed by atoms with E-state index in [4.69, 9.17) is 14.2 Å². The van der Waals surface area contributed by atoms with Crippen molar-refractivity contribution in [2.24, 2.45) is 11.8 Å². The normalized spacial score (nSPS) is 23.1. The molecule has 4 atom stereocenters. The van der Waals surface area contributed by atoms with Gasteiger partial charge in [0.2, 0.25) is 0 Å². The summed E-state index contributed by atoms with van der Waals surface area (Å²) in [5, 5.41) is 6.57. The summed E-state index contributed by atoms with van der Waals surface area (Å²) in [7, 11) is 1.63. The van der Waals surface area contributed by atoms with E-state index in [1.807, 2.05) is 6.08 Å². The molecule has 2 aliphatic carbocycles. The molecule has 0 heterocycles. The maximum Gasteiger partial charge on any atom is 0.337 e. The summed E-state index contributed by atoms with van der Waals surface area (Å²) in [6, 6.07) is 16.1. The first-order chi connectivity index (χ1) is 17.2. The van der Waals surface area contributed by atoms with Gasteiger partial charge in [0.05, 0.1) is 25.4 Å². The van der Waals surface area contributed by atoms with Crippen molar-refractivity contribution in [1.29, 1.82) is 0 Å². The summed E-state index contributed by atoms with van der Waals surface area (Å²) in [6.07, 6.45) is 12.0. The minimum Gasteiger partial charge on any atom is -0.460 e. The second-order valence-electron chi connectivity index (χ2n) is 9.74. The summed E-state index contributed by atoms with van der Waals surface area (Å²) in [6.45, 7) is 4.00. The molecule has 5 heteroatoms. The zero-order valence-corrected chi connectivity index (χ0v) is 21.1. The average molecular weight is 478 g/mol. The number of hydrogen-bond donors (Lipinski definition) is 1. The zero-order chi connectivity index (χ0) is 24.5. The average Bonchev–Trinajstić information content (AvgIpc) is 2.90. The molecule has 35 heavy (non-hydrogen) atoms. The van der Waals surface area contributed by atoms with Gasteiger partial charge in [-0.2, -0.15) is 0 Å². The van der Waals surface area contributed by atoms with Crippen molar-refractivity contribution in [3.63, 3.8) is 0 Å². The molecule has 0 aromatic heterocycles. The van der Waals surface area contributed by atoms with Crippen molar-refractivity contribution in [3.8, 4) is 0 Å². The molecule has 2 aromatic rings. The Morgan fingerprint density at radius 1 is 1.06 bits per heavy atom. The number of nitrogens with one attached hydrogen (secondary N) is 1. The fourth-order valence-corrected chi connectivity index (χ4v) is 5.50. The third-order valence-electron chi connectivity index (χ3n) is 7.36. The Morgan fingerprint density at radius 3 is 2.71 bits per heavy atom. The number of rotatable bonds is 11. The summed E-state index contributed by atoms with van der Waals surface area (Å²) < 4.78 is 15.6. The van der Waals surface area contributed by atoms with Crippen LogP contribution in [0, 0.1) is 11.8 Å². The number of allylic oxidation sites excluding steroid dienone is 2. The van der Waals surface area contributed by atoms with Crippen LogP contribution in [-0.4, -0.2) is 45.5 Å². The van der Waals surface area contributed by atoms with Gasteiger partial charge in [0.15, 0.2) is 0 Å². The van der Waals surface area contributed by atoms with Crippen molar-refractivity contribution in [3.05, 3.63) is 71.8 Å². The number of hydrogen-bond acceptors (Lipinski definition) is 5. The van der Waals surface area contributed by atoms with Crippen molar-refractivity contribution in [2.45, 2.75) is 51.1 Å². The minimum absolute atomic E-state index is 0.262. The third-order valence-corrected chi connectivity index (χ3v) is 7.36. The molecule has 0 amide bonds. The number of benzene rings is 2. The van der Waals surface area contributed by atoms with Gasteiger partial charge in [0.1, 0.15) is 6.61 Å². The molecule has 4 rings (SSSR count). The second-order valence-corrected chi connectivity index (χ2v) is 9.74. The van der Waals surface area contributed by atoms with Gasteiger partial charge in [0, 0.05) is 19.2 Å². The molecule has 2 aromatic carbocycles. The van der Waals surface area contributed by atoms with Crippen LogP contribution in [-0.2, 0) is 19.0 Å². The lowest BCUT2D eigenvalue weighted by Gasteiger charge is -2.36. The number of carbonyl (C=O) groups excluding carboxylic acids is 1. The highest BCUT2D eigenvalue weighted by Crippen LogP contribution is 2.36. The first-order valence-electron chi connectivity index (χ1n) is 13.0. The van der Waals surface area contributed by atoms with Crippen LogP contribution >= 0.6 is 0 Å². The van der Waals surface area contributed by atoms with Gasteiger partial charge in [-0.1, -0.05) is 67.1 Å². The molecule has 0 saturated heterocycles.